The third-order valence-electron chi connectivity index (χ3n) is 5.23. The lowest BCUT2D eigenvalue weighted by Gasteiger charge is -2.34. The molecule has 1 aromatic heterocycles. The Morgan fingerprint density at radius 1 is 1.00 bits per heavy atom. The highest BCUT2D eigenvalue weighted by Crippen LogP contribution is 2.35. The number of hydrogen-bond donors (Lipinski definition) is 2. The van der Waals surface area contributed by atoms with Crippen molar-refractivity contribution in [1.29, 1.82) is 0 Å². The molecule has 0 spiro atoms. The average molecular weight is 544 g/mol. The van der Waals surface area contributed by atoms with Crippen LogP contribution in [0.2, 0.25) is 5.02 Å². The Morgan fingerprint density at radius 3 is 2.32 bits per heavy atom. The van der Waals surface area contributed by atoms with Crippen molar-refractivity contribution in [3.8, 4) is 11.5 Å². The molecule has 8 nitrogen and oxygen atoms in total. The smallest absolute Gasteiger partial charge is 0.261 e. The number of anilines is 1. The van der Waals surface area contributed by atoms with Gasteiger partial charge in [-0.05, 0) is 68.1 Å². The lowest BCUT2D eigenvalue weighted by Crippen LogP contribution is -2.51. The van der Waals surface area contributed by atoms with Crippen molar-refractivity contribution in [3.63, 3.8) is 0 Å². The molecule has 37 heavy (non-hydrogen) atoms. The van der Waals surface area contributed by atoms with Crippen LogP contribution in [0.4, 0.5) is 5.69 Å². The monoisotopic (exact) mass is 543 g/mol. The van der Waals surface area contributed by atoms with E-state index in [1.54, 1.807) is 60.0 Å². The molecule has 0 aliphatic rings. The van der Waals surface area contributed by atoms with Crippen LogP contribution in [0.3, 0.4) is 0 Å². The van der Waals surface area contributed by atoms with Gasteiger partial charge in [0.05, 0.1) is 25.6 Å². The van der Waals surface area contributed by atoms with E-state index in [1.165, 1.54) is 30.5 Å². The first-order chi connectivity index (χ1) is 17.5. The first-order valence-corrected chi connectivity index (χ1v) is 12.7. The van der Waals surface area contributed by atoms with Gasteiger partial charge < -0.3 is 20.1 Å². The van der Waals surface area contributed by atoms with Crippen LogP contribution in [0.25, 0.3) is 0 Å². The van der Waals surface area contributed by atoms with Crippen LogP contribution in [0, 0.1) is 0 Å². The lowest BCUT2D eigenvalue weighted by atomic mass is 10.00. The fourth-order valence-corrected chi connectivity index (χ4v) is 4.50. The van der Waals surface area contributed by atoms with Gasteiger partial charge in [0.25, 0.3) is 5.91 Å². The molecular weight excluding hydrogens is 514 g/mol. The van der Waals surface area contributed by atoms with E-state index in [1.807, 2.05) is 20.8 Å². The van der Waals surface area contributed by atoms with E-state index in [9.17, 15) is 14.4 Å². The lowest BCUT2D eigenvalue weighted by molar-refractivity contribution is -0.127. The van der Waals surface area contributed by atoms with Crippen molar-refractivity contribution in [2.24, 2.45) is 0 Å². The second-order valence-corrected chi connectivity index (χ2v) is 10.5. The van der Waals surface area contributed by atoms with Crippen molar-refractivity contribution < 1.29 is 23.9 Å². The third kappa shape index (κ3) is 7.24. The molecule has 0 saturated carbocycles. The summed E-state index contributed by atoms with van der Waals surface area (Å²) in [6.45, 7) is 5.21. The Labute approximate surface area is 225 Å². The number of carbonyl (C=O) groups is 3. The highest BCUT2D eigenvalue weighted by molar-refractivity contribution is 7.12. The second kappa shape index (κ2) is 12.1. The zero-order valence-corrected chi connectivity index (χ0v) is 22.9. The summed E-state index contributed by atoms with van der Waals surface area (Å²) in [5, 5.41) is 7.79. The average Bonchev–Trinajstić information content (AvgIpc) is 3.39. The van der Waals surface area contributed by atoms with Crippen molar-refractivity contribution in [2.45, 2.75) is 32.4 Å². The molecule has 3 amide bonds. The van der Waals surface area contributed by atoms with Crippen LogP contribution in [-0.2, 0) is 9.59 Å². The van der Waals surface area contributed by atoms with Crippen LogP contribution in [0.1, 0.15) is 42.0 Å². The van der Waals surface area contributed by atoms with E-state index in [4.69, 9.17) is 21.1 Å². The molecule has 0 aliphatic carbocycles. The Hall–Kier alpha value is -3.56. The number of nitrogens with zero attached hydrogens (tertiary/aromatic N) is 1. The normalized spacial score (nSPS) is 11.8. The number of methoxy groups -OCH3 is 2. The highest BCUT2D eigenvalue weighted by Gasteiger charge is 2.35. The summed E-state index contributed by atoms with van der Waals surface area (Å²) in [5.74, 6) is -0.423. The summed E-state index contributed by atoms with van der Waals surface area (Å²) in [7, 11) is 3.01. The minimum Gasteiger partial charge on any atom is -0.493 e. The fraction of sp³-hybridized carbons (Fsp3) is 0.296. The highest BCUT2D eigenvalue weighted by atomic mass is 35.5. The maximum atomic E-state index is 13.7. The van der Waals surface area contributed by atoms with Crippen molar-refractivity contribution in [1.82, 2.24) is 10.6 Å². The number of rotatable bonds is 9. The Kier molecular flexibility index (Phi) is 9.18. The Balaban J connectivity index is 2.09. The van der Waals surface area contributed by atoms with Crippen LogP contribution < -0.4 is 25.0 Å². The molecule has 10 heteroatoms. The Bertz CT molecular complexity index is 1260. The van der Waals surface area contributed by atoms with Crippen LogP contribution >= 0.6 is 22.9 Å². The molecule has 0 radical (unpaired) electrons. The number of ether oxygens (including phenoxy) is 2. The number of carbonyl (C=O) groups excluding carboxylic acids is 3. The van der Waals surface area contributed by atoms with Gasteiger partial charge in [0, 0.05) is 16.2 Å². The van der Waals surface area contributed by atoms with Gasteiger partial charge in [0.2, 0.25) is 11.8 Å². The molecule has 3 rings (SSSR count). The predicted molar refractivity (Wildman–Crippen MR) is 146 cm³/mol. The van der Waals surface area contributed by atoms with E-state index in [-0.39, 0.29) is 12.5 Å². The van der Waals surface area contributed by atoms with E-state index >= 15 is 0 Å². The molecule has 0 saturated heterocycles. The maximum absolute atomic E-state index is 13.7. The van der Waals surface area contributed by atoms with Gasteiger partial charge in [-0.3, -0.25) is 19.3 Å². The van der Waals surface area contributed by atoms with E-state index in [2.05, 4.69) is 10.6 Å². The number of hydrogen-bond acceptors (Lipinski definition) is 6. The molecule has 0 aliphatic heterocycles. The summed E-state index contributed by atoms with van der Waals surface area (Å²) < 4.78 is 10.8. The Morgan fingerprint density at radius 2 is 1.73 bits per heavy atom. The summed E-state index contributed by atoms with van der Waals surface area (Å²) in [6.07, 6.45) is 0. The minimum atomic E-state index is -1.11. The van der Waals surface area contributed by atoms with Crippen molar-refractivity contribution in [2.75, 3.05) is 25.7 Å². The number of thiophene rings is 1. The topological polar surface area (TPSA) is 97.0 Å². The quantitative estimate of drug-likeness (QED) is 0.402. The van der Waals surface area contributed by atoms with E-state index in [0.717, 1.165) is 0 Å². The minimum absolute atomic E-state index is 0.337. The van der Waals surface area contributed by atoms with Gasteiger partial charge in [0.15, 0.2) is 11.5 Å². The van der Waals surface area contributed by atoms with Crippen LogP contribution in [0.5, 0.6) is 11.5 Å². The zero-order chi connectivity index (χ0) is 27.2. The molecule has 1 heterocycles. The van der Waals surface area contributed by atoms with Crippen molar-refractivity contribution >= 4 is 46.3 Å². The SMILES string of the molecule is COc1ccc([C@H](C(=O)NC(C)(C)C)N(C(=O)CNC(=O)c2cccs2)c2cccc(Cl)c2)cc1OC. The van der Waals surface area contributed by atoms with Crippen LogP contribution in [-0.4, -0.2) is 44.0 Å². The van der Waals surface area contributed by atoms with Crippen molar-refractivity contribution in [3.05, 3.63) is 75.4 Å². The molecule has 1 atom stereocenters. The predicted octanol–water partition coefficient (Wildman–Crippen LogP) is 4.84. The van der Waals surface area contributed by atoms with Gasteiger partial charge in [0.1, 0.15) is 6.04 Å². The number of benzene rings is 2. The zero-order valence-electron chi connectivity index (χ0n) is 21.3. The molecule has 2 N–H and O–H groups in total. The van der Waals surface area contributed by atoms with Gasteiger partial charge in [-0.15, -0.1) is 11.3 Å². The van der Waals surface area contributed by atoms with Gasteiger partial charge >= 0.3 is 0 Å². The molecule has 3 aromatic rings. The van der Waals surface area contributed by atoms with E-state index in [0.29, 0.717) is 32.6 Å². The second-order valence-electron chi connectivity index (χ2n) is 9.16. The summed E-state index contributed by atoms with van der Waals surface area (Å²) in [6, 6.07) is 14.0. The van der Waals surface area contributed by atoms with Gasteiger partial charge in [-0.2, -0.15) is 0 Å². The first kappa shape index (κ1) is 28.0. The molecule has 196 valence electrons. The number of nitrogens with one attached hydrogen (secondary N) is 2. The standard InChI is InChI=1S/C27H30ClN3O5S/c1-27(2,3)30-26(34)24(17-11-12-20(35-4)21(14-17)36-5)31(19-9-6-8-18(28)15-19)23(32)16-29-25(33)22-10-7-13-37-22/h6-15,24H,16H2,1-5H3,(H,29,33)(H,30,34)/t24-/m1/s1. The van der Waals surface area contributed by atoms with E-state index < -0.39 is 23.4 Å². The number of amides is 3. The summed E-state index contributed by atoms with van der Waals surface area (Å²) >= 11 is 7.54. The molecular formula is C27H30ClN3O5S. The molecule has 0 bridgehead atoms. The molecule has 0 fully saturated rings. The molecule has 0 unspecified atom stereocenters. The van der Waals surface area contributed by atoms with Gasteiger partial charge in [-0.1, -0.05) is 29.8 Å². The first-order valence-electron chi connectivity index (χ1n) is 11.5. The van der Waals surface area contributed by atoms with Gasteiger partial charge in [-0.25, -0.2) is 0 Å². The summed E-state index contributed by atoms with van der Waals surface area (Å²) in [5.41, 5.74) is 0.298. The summed E-state index contributed by atoms with van der Waals surface area (Å²) in [4.78, 5) is 41.8. The number of halogens is 1. The third-order valence-corrected chi connectivity index (χ3v) is 6.33. The maximum Gasteiger partial charge on any atom is 0.261 e. The fourth-order valence-electron chi connectivity index (χ4n) is 3.68. The molecule has 2 aromatic carbocycles. The van der Waals surface area contributed by atoms with Crippen LogP contribution in [0.15, 0.2) is 60.0 Å². The largest absolute Gasteiger partial charge is 0.493 e.